The SMILES string of the molecule is O=C(O)c1ccc2c(ccn2CN2CCN(c3ccncc3)CC2)c1. The van der Waals surface area contributed by atoms with Gasteiger partial charge in [-0.05, 0) is 36.4 Å². The van der Waals surface area contributed by atoms with Crippen LogP contribution in [0.5, 0.6) is 0 Å². The van der Waals surface area contributed by atoms with Gasteiger partial charge in [0.2, 0.25) is 0 Å². The Kier molecular flexibility index (Phi) is 4.11. The second-order valence-electron chi connectivity index (χ2n) is 6.32. The number of pyridine rings is 1. The van der Waals surface area contributed by atoms with Gasteiger partial charge in [0.15, 0.2) is 0 Å². The highest BCUT2D eigenvalue weighted by atomic mass is 16.4. The van der Waals surface area contributed by atoms with Crippen LogP contribution in [0.4, 0.5) is 5.69 Å². The highest BCUT2D eigenvalue weighted by Crippen LogP contribution is 2.20. The van der Waals surface area contributed by atoms with E-state index in [0.29, 0.717) is 5.56 Å². The van der Waals surface area contributed by atoms with Crippen molar-refractivity contribution in [3.8, 4) is 0 Å². The van der Waals surface area contributed by atoms with Crippen LogP contribution < -0.4 is 4.90 Å². The predicted molar refractivity (Wildman–Crippen MR) is 96.9 cm³/mol. The molecule has 0 amide bonds. The third kappa shape index (κ3) is 3.21. The Morgan fingerprint density at radius 2 is 1.80 bits per heavy atom. The summed E-state index contributed by atoms with van der Waals surface area (Å²) in [5.74, 6) is -0.887. The maximum atomic E-state index is 11.1. The molecule has 0 unspecified atom stereocenters. The Morgan fingerprint density at radius 1 is 1.04 bits per heavy atom. The zero-order valence-electron chi connectivity index (χ0n) is 13.9. The molecule has 0 radical (unpaired) electrons. The lowest BCUT2D eigenvalue weighted by Gasteiger charge is -2.36. The number of carboxylic acids is 1. The summed E-state index contributed by atoms with van der Waals surface area (Å²) < 4.78 is 2.18. The van der Waals surface area contributed by atoms with Gasteiger partial charge in [-0.15, -0.1) is 0 Å². The minimum Gasteiger partial charge on any atom is -0.478 e. The molecular formula is C19H20N4O2. The van der Waals surface area contributed by atoms with E-state index in [9.17, 15) is 4.79 Å². The number of hydrogen-bond acceptors (Lipinski definition) is 4. The van der Waals surface area contributed by atoms with E-state index in [0.717, 1.165) is 43.8 Å². The zero-order valence-corrected chi connectivity index (χ0v) is 13.9. The molecule has 2 aromatic heterocycles. The normalized spacial score (nSPS) is 15.6. The van der Waals surface area contributed by atoms with Crippen molar-refractivity contribution in [3.05, 3.63) is 60.6 Å². The Bertz CT molecular complexity index is 883. The Balaban J connectivity index is 1.43. The number of benzene rings is 1. The summed E-state index contributed by atoms with van der Waals surface area (Å²) in [6, 6.07) is 11.4. The molecule has 1 aliphatic rings. The van der Waals surface area contributed by atoms with Gasteiger partial charge >= 0.3 is 5.97 Å². The molecule has 6 heteroatoms. The van der Waals surface area contributed by atoms with Gasteiger partial charge in [-0.25, -0.2) is 4.79 Å². The van der Waals surface area contributed by atoms with Gasteiger partial charge in [0.05, 0.1) is 12.2 Å². The van der Waals surface area contributed by atoms with E-state index in [4.69, 9.17) is 5.11 Å². The molecule has 1 aromatic carbocycles. The Hall–Kier alpha value is -2.86. The minimum atomic E-state index is -0.887. The number of carboxylic acid groups (broad SMARTS) is 1. The summed E-state index contributed by atoms with van der Waals surface area (Å²) in [6.07, 6.45) is 5.70. The van der Waals surface area contributed by atoms with Crippen molar-refractivity contribution < 1.29 is 9.90 Å². The molecule has 0 aliphatic carbocycles. The Morgan fingerprint density at radius 3 is 2.52 bits per heavy atom. The van der Waals surface area contributed by atoms with Crippen molar-refractivity contribution in [3.63, 3.8) is 0 Å². The molecule has 128 valence electrons. The molecule has 0 spiro atoms. The first-order chi connectivity index (χ1) is 12.2. The lowest BCUT2D eigenvalue weighted by molar-refractivity contribution is 0.0697. The molecule has 6 nitrogen and oxygen atoms in total. The minimum absolute atomic E-state index is 0.330. The summed E-state index contributed by atoms with van der Waals surface area (Å²) in [7, 11) is 0. The average molecular weight is 336 g/mol. The fraction of sp³-hybridized carbons (Fsp3) is 0.263. The molecule has 0 bridgehead atoms. The number of rotatable bonds is 4. The molecule has 1 fully saturated rings. The van der Waals surface area contributed by atoms with Crippen molar-refractivity contribution in [2.45, 2.75) is 6.67 Å². The van der Waals surface area contributed by atoms with E-state index >= 15 is 0 Å². The molecule has 3 aromatic rings. The van der Waals surface area contributed by atoms with E-state index in [1.54, 1.807) is 12.1 Å². The van der Waals surface area contributed by atoms with E-state index < -0.39 is 5.97 Å². The van der Waals surface area contributed by atoms with Crippen LogP contribution in [0.2, 0.25) is 0 Å². The fourth-order valence-electron chi connectivity index (χ4n) is 3.37. The number of carbonyl (C=O) groups is 1. The van der Waals surface area contributed by atoms with Gasteiger partial charge in [0.1, 0.15) is 0 Å². The van der Waals surface area contributed by atoms with E-state index in [1.165, 1.54) is 5.69 Å². The molecule has 3 heterocycles. The maximum absolute atomic E-state index is 11.1. The van der Waals surface area contributed by atoms with Crippen LogP contribution in [0.25, 0.3) is 10.9 Å². The second kappa shape index (κ2) is 6.57. The quantitative estimate of drug-likeness (QED) is 0.793. The number of nitrogens with zero attached hydrogens (tertiary/aromatic N) is 4. The van der Waals surface area contributed by atoms with Gasteiger partial charge < -0.3 is 14.6 Å². The topological polar surface area (TPSA) is 61.6 Å². The molecule has 0 atom stereocenters. The van der Waals surface area contributed by atoms with Gasteiger partial charge in [0, 0.05) is 61.4 Å². The highest BCUT2D eigenvalue weighted by Gasteiger charge is 2.18. The summed E-state index contributed by atoms with van der Waals surface area (Å²) in [4.78, 5) is 20.0. The van der Waals surface area contributed by atoms with Crippen molar-refractivity contribution in [2.24, 2.45) is 0 Å². The van der Waals surface area contributed by atoms with E-state index in [2.05, 4.69) is 31.5 Å². The van der Waals surface area contributed by atoms with Crippen molar-refractivity contribution >= 4 is 22.6 Å². The molecule has 4 rings (SSSR count). The first-order valence-electron chi connectivity index (χ1n) is 8.40. The first-order valence-corrected chi connectivity index (χ1v) is 8.40. The number of hydrogen-bond donors (Lipinski definition) is 1. The summed E-state index contributed by atoms with van der Waals surface area (Å²) in [5, 5.41) is 10.1. The van der Waals surface area contributed by atoms with Crippen LogP contribution in [-0.2, 0) is 6.67 Å². The standard InChI is InChI=1S/C19H20N4O2/c24-19(25)16-1-2-18-15(13-16)5-8-23(18)14-21-9-11-22(12-10-21)17-3-6-20-7-4-17/h1-8,13H,9-12,14H2,(H,24,25). The summed E-state index contributed by atoms with van der Waals surface area (Å²) in [6.45, 7) is 4.79. The number of aromatic carboxylic acids is 1. The number of anilines is 1. The van der Waals surface area contributed by atoms with Crippen LogP contribution in [0.15, 0.2) is 55.0 Å². The third-order valence-electron chi connectivity index (χ3n) is 4.77. The highest BCUT2D eigenvalue weighted by molar-refractivity contribution is 5.93. The fourth-order valence-corrected chi connectivity index (χ4v) is 3.37. The van der Waals surface area contributed by atoms with Crippen LogP contribution in [-0.4, -0.2) is 51.7 Å². The number of fused-ring (bicyclic) bond motifs is 1. The van der Waals surface area contributed by atoms with E-state index in [-0.39, 0.29) is 0 Å². The summed E-state index contributed by atoms with van der Waals surface area (Å²) in [5.41, 5.74) is 2.63. The third-order valence-corrected chi connectivity index (χ3v) is 4.77. The molecule has 25 heavy (non-hydrogen) atoms. The summed E-state index contributed by atoms with van der Waals surface area (Å²) >= 11 is 0. The zero-order chi connectivity index (χ0) is 17.2. The van der Waals surface area contributed by atoms with Crippen molar-refractivity contribution in [1.82, 2.24) is 14.5 Å². The Labute approximate surface area is 145 Å². The average Bonchev–Trinajstić information content (AvgIpc) is 3.05. The monoisotopic (exact) mass is 336 g/mol. The largest absolute Gasteiger partial charge is 0.478 e. The smallest absolute Gasteiger partial charge is 0.335 e. The van der Waals surface area contributed by atoms with Gasteiger partial charge in [-0.2, -0.15) is 0 Å². The number of aromatic nitrogens is 2. The molecule has 1 saturated heterocycles. The maximum Gasteiger partial charge on any atom is 0.335 e. The van der Waals surface area contributed by atoms with E-state index in [1.807, 2.05) is 30.7 Å². The van der Waals surface area contributed by atoms with Gasteiger partial charge in [-0.3, -0.25) is 9.88 Å². The number of piperazine rings is 1. The van der Waals surface area contributed by atoms with Crippen LogP contribution in [0.1, 0.15) is 10.4 Å². The molecular weight excluding hydrogens is 316 g/mol. The first kappa shape index (κ1) is 15.7. The van der Waals surface area contributed by atoms with Gasteiger partial charge in [0.25, 0.3) is 0 Å². The van der Waals surface area contributed by atoms with Crippen molar-refractivity contribution in [1.29, 1.82) is 0 Å². The molecule has 1 aliphatic heterocycles. The van der Waals surface area contributed by atoms with Crippen LogP contribution in [0.3, 0.4) is 0 Å². The second-order valence-corrected chi connectivity index (χ2v) is 6.32. The lowest BCUT2D eigenvalue weighted by Crippen LogP contribution is -2.46. The molecule has 0 saturated carbocycles. The predicted octanol–water partition coefficient (Wildman–Crippen LogP) is 2.51. The van der Waals surface area contributed by atoms with Crippen LogP contribution in [0, 0.1) is 0 Å². The lowest BCUT2D eigenvalue weighted by atomic mass is 10.1. The van der Waals surface area contributed by atoms with Crippen molar-refractivity contribution in [2.75, 3.05) is 31.1 Å². The van der Waals surface area contributed by atoms with Gasteiger partial charge in [-0.1, -0.05) is 0 Å². The molecule has 1 N–H and O–H groups in total. The van der Waals surface area contributed by atoms with Crippen LogP contribution >= 0.6 is 0 Å².